The molecule has 1 N–H and O–H groups in total. The standard InChI is InChI=1S/C27H37NO9/c1-27(2,3)28(26(30)31)16-20-9-10-24(36-18-34-13-11-32-4)23(15-20)22-8-6-7-21(17-29)25(22)37-19-35-14-12-33-5/h6-10,15,17H,11-14,16,18-19H2,1-5H3,(H,30,31). The Labute approximate surface area is 218 Å². The zero-order chi connectivity index (χ0) is 27.3. The van der Waals surface area contributed by atoms with E-state index in [1.54, 1.807) is 44.6 Å². The first-order valence-corrected chi connectivity index (χ1v) is 11.8. The van der Waals surface area contributed by atoms with Crippen molar-refractivity contribution in [2.75, 3.05) is 54.2 Å². The van der Waals surface area contributed by atoms with Gasteiger partial charge in [0.25, 0.3) is 0 Å². The van der Waals surface area contributed by atoms with E-state index in [0.29, 0.717) is 60.9 Å². The molecule has 0 aliphatic carbocycles. The van der Waals surface area contributed by atoms with Crippen LogP contribution in [0.15, 0.2) is 36.4 Å². The normalized spacial score (nSPS) is 11.3. The fraction of sp³-hybridized carbons (Fsp3) is 0.481. The maximum Gasteiger partial charge on any atom is 0.408 e. The molecule has 0 bridgehead atoms. The molecular formula is C27H37NO9. The first kappa shape index (κ1) is 30.0. The van der Waals surface area contributed by atoms with Gasteiger partial charge in [0.05, 0.1) is 32.0 Å². The third-order valence-corrected chi connectivity index (χ3v) is 5.34. The van der Waals surface area contributed by atoms with E-state index in [0.717, 1.165) is 5.56 Å². The number of ether oxygens (including phenoxy) is 6. The molecule has 10 heteroatoms. The number of amides is 1. The highest BCUT2D eigenvalue weighted by molar-refractivity contribution is 5.87. The molecule has 0 spiro atoms. The van der Waals surface area contributed by atoms with Crippen molar-refractivity contribution in [1.29, 1.82) is 0 Å². The zero-order valence-electron chi connectivity index (χ0n) is 22.2. The monoisotopic (exact) mass is 519 g/mol. The summed E-state index contributed by atoms with van der Waals surface area (Å²) in [5.74, 6) is 0.801. The lowest BCUT2D eigenvalue weighted by molar-refractivity contribution is -0.00924. The molecule has 2 rings (SSSR count). The van der Waals surface area contributed by atoms with Gasteiger partial charge >= 0.3 is 6.09 Å². The van der Waals surface area contributed by atoms with Crippen molar-refractivity contribution in [2.24, 2.45) is 0 Å². The maximum absolute atomic E-state index is 11.9. The van der Waals surface area contributed by atoms with Crippen molar-refractivity contribution in [1.82, 2.24) is 4.90 Å². The van der Waals surface area contributed by atoms with Crippen LogP contribution in [0, 0.1) is 0 Å². The lowest BCUT2D eigenvalue weighted by atomic mass is 9.97. The van der Waals surface area contributed by atoms with Crippen LogP contribution in [-0.4, -0.2) is 82.2 Å². The smallest absolute Gasteiger partial charge is 0.408 e. The van der Waals surface area contributed by atoms with E-state index >= 15 is 0 Å². The van der Waals surface area contributed by atoms with Crippen molar-refractivity contribution in [2.45, 2.75) is 32.9 Å². The average Bonchev–Trinajstić information content (AvgIpc) is 2.86. The van der Waals surface area contributed by atoms with E-state index in [1.165, 1.54) is 4.90 Å². The Morgan fingerprint density at radius 1 is 0.919 bits per heavy atom. The molecule has 2 aromatic rings. The largest absolute Gasteiger partial charge is 0.467 e. The highest BCUT2D eigenvalue weighted by Gasteiger charge is 2.27. The number of rotatable bonds is 16. The highest BCUT2D eigenvalue weighted by atomic mass is 16.7. The number of hydrogen-bond donors (Lipinski definition) is 1. The van der Waals surface area contributed by atoms with Crippen LogP contribution in [0.4, 0.5) is 4.79 Å². The van der Waals surface area contributed by atoms with E-state index in [9.17, 15) is 14.7 Å². The van der Waals surface area contributed by atoms with Crippen LogP contribution in [-0.2, 0) is 25.5 Å². The Balaban J connectivity index is 2.47. The molecule has 0 atom stereocenters. The van der Waals surface area contributed by atoms with Crippen molar-refractivity contribution in [3.05, 3.63) is 47.5 Å². The first-order valence-electron chi connectivity index (χ1n) is 11.8. The Bertz CT molecular complexity index is 1000. The van der Waals surface area contributed by atoms with Gasteiger partial charge in [-0.2, -0.15) is 0 Å². The minimum Gasteiger partial charge on any atom is -0.467 e. The van der Waals surface area contributed by atoms with Gasteiger partial charge in [0.1, 0.15) is 11.5 Å². The number of hydrogen-bond acceptors (Lipinski definition) is 8. The molecule has 0 heterocycles. The van der Waals surface area contributed by atoms with Gasteiger partial charge < -0.3 is 33.5 Å². The van der Waals surface area contributed by atoms with Crippen molar-refractivity contribution >= 4 is 12.4 Å². The minimum atomic E-state index is -1.03. The molecule has 10 nitrogen and oxygen atoms in total. The van der Waals surface area contributed by atoms with E-state index < -0.39 is 11.6 Å². The van der Waals surface area contributed by atoms with Crippen LogP contribution >= 0.6 is 0 Å². The summed E-state index contributed by atoms with van der Waals surface area (Å²) in [4.78, 5) is 25.1. The molecule has 0 saturated heterocycles. The van der Waals surface area contributed by atoms with Gasteiger partial charge in [0.2, 0.25) is 0 Å². The van der Waals surface area contributed by atoms with Gasteiger partial charge in [0.15, 0.2) is 19.9 Å². The third kappa shape index (κ3) is 9.32. The molecule has 0 unspecified atom stereocenters. The Kier molecular flexibility index (Phi) is 12.3. The third-order valence-electron chi connectivity index (χ3n) is 5.34. The number of carboxylic acid groups (broad SMARTS) is 1. The summed E-state index contributed by atoms with van der Waals surface area (Å²) in [5, 5.41) is 9.76. The van der Waals surface area contributed by atoms with E-state index in [4.69, 9.17) is 28.4 Å². The molecule has 0 aliphatic rings. The number of para-hydroxylation sites is 1. The van der Waals surface area contributed by atoms with E-state index in [2.05, 4.69) is 0 Å². The van der Waals surface area contributed by atoms with Crippen LogP contribution in [0.3, 0.4) is 0 Å². The van der Waals surface area contributed by atoms with Gasteiger partial charge in [-0.05, 0) is 44.5 Å². The number of carbonyl (C=O) groups is 2. The fourth-order valence-electron chi connectivity index (χ4n) is 3.42. The molecule has 2 aromatic carbocycles. The van der Waals surface area contributed by atoms with Crippen molar-refractivity contribution in [3.63, 3.8) is 0 Å². The van der Waals surface area contributed by atoms with Gasteiger partial charge in [-0.3, -0.25) is 9.69 Å². The average molecular weight is 520 g/mol. The minimum absolute atomic E-state index is 0.0252. The van der Waals surface area contributed by atoms with Crippen LogP contribution in [0.2, 0.25) is 0 Å². The Morgan fingerprint density at radius 3 is 2.14 bits per heavy atom. The molecule has 204 valence electrons. The predicted molar refractivity (Wildman–Crippen MR) is 137 cm³/mol. The summed E-state index contributed by atoms with van der Waals surface area (Å²) in [6.45, 7) is 7.06. The Hall–Kier alpha value is -3.18. The number of nitrogens with zero attached hydrogens (tertiary/aromatic N) is 1. The maximum atomic E-state index is 11.9. The summed E-state index contributed by atoms with van der Waals surface area (Å²) >= 11 is 0. The topological polar surface area (TPSA) is 113 Å². The van der Waals surface area contributed by atoms with Gasteiger partial charge in [-0.25, -0.2) is 4.79 Å². The molecule has 1 amide bonds. The van der Waals surface area contributed by atoms with Crippen molar-refractivity contribution < 1.29 is 43.1 Å². The number of methoxy groups -OCH3 is 2. The molecule has 0 radical (unpaired) electrons. The zero-order valence-corrected chi connectivity index (χ0v) is 22.2. The highest BCUT2D eigenvalue weighted by Crippen LogP contribution is 2.39. The van der Waals surface area contributed by atoms with Gasteiger partial charge in [-0.15, -0.1) is 0 Å². The SMILES string of the molecule is COCCOCOc1ccc(CN(C(=O)O)C(C)(C)C)cc1-c1cccc(C=O)c1OCOCCOC. The van der Waals surface area contributed by atoms with Crippen LogP contribution in [0.5, 0.6) is 11.5 Å². The first-order chi connectivity index (χ1) is 17.7. The summed E-state index contributed by atoms with van der Waals surface area (Å²) in [6.07, 6.45) is -0.320. The second kappa shape index (κ2) is 15.2. The van der Waals surface area contributed by atoms with Crippen LogP contribution < -0.4 is 9.47 Å². The van der Waals surface area contributed by atoms with Gasteiger partial charge in [-0.1, -0.05) is 18.2 Å². The number of carbonyl (C=O) groups excluding carboxylic acids is 1. The van der Waals surface area contributed by atoms with Crippen LogP contribution in [0.1, 0.15) is 36.7 Å². The molecule has 37 heavy (non-hydrogen) atoms. The quantitative estimate of drug-likeness (QED) is 0.195. The molecule has 0 fully saturated rings. The number of benzene rings is 2. The number of aldehydes is 1. The summed E-state index contributed by atoms with van der Waals surface area (Å²) in [5.41, 5.74) is 1.66. The molecule has 0 saturated carbocycles. The Morgan fingerprint density at radius 2 is 1.57 bits per heavy atom. The summed E-state index contributed by atoms with van der Waals surface area (Å²) < 4.78 is 32.6. The lowest BCUT2D eigenvalue weighted by Gasteiger charge is -2.33. The van der Waals surface area contributed by atoms with E-state index in [1.807, 2.05) is 26.8 Å². The summed E-state index contributed by atoms with van der Waals surface area (Å²) in [7, 11) is 3.16. The lowest BCUT2D eigenvalue weighted by Crippen LogP contribution is -2.44. The van der Waals surface area contributed by atoms with E-state index in [-0.39, 0.29) is 20.1 Å². The van der Waals surface area contributed by atoms with Crippen molar-refractivity contribution in [3.8, 4) is 22.6 Å². The molecule has 0 aliphatic heterocycles. The second-order valence-electron chi connectivity index (χ2n) is 9.04. The second-order valence-corrected chi connectivity index (χ2v) is 9.04. The van der Waals surface area contributed by atoms with Crippen LogP contribution in [0.25, 0.3) is 11.1 Å². The summed E-state index contributed by atoms with van der Waals surface area (Å²) in [6, 6.07) is 10.6. The molecular weight excluding hydrogens is 482 g/mol. The van der Waals surface area contributed by atoms with Gasteiger partial charge in [0, 0.05) is 37.4 Å². The molecule has 0 aromatic heterocycles. The fourth-order valence-corrected chi connectivity index (χ4v) is 3.42. The predicted octanol–water partition coefficient (Wildman–Crippen LogP) is 4.44.